The van der Waals surface area contributed by atoms with Crippen LogP contribution >= 0.6 is 0 Å². The lowest BCUT2D eigenvalue weighted by atomic mass is 9.79. The maximum absolute atomic E-state index is 14.9. The Kier molecular flexibility index (Phi) is 5.42. The Labute approximate surface area is 155 Å². The van der Waals surface area contributed by atoms with Crippen molar-refractivity contribution in [3.8, 4) is 5.88 Å². The van der Waals surface area contributed by atoms with Gasteiger partial charge in [-0.3, -0.25) is 0 Å². The fourth-order valence-electron chi connectivity index (χ4n) is 3.25. The van der Waals surface area contributed by atoms with E-state index in [4.69, 9.17) is 19.8 Å². The molecule has 1 aromatic heterocycles. The minimum Gasteiger partial charge on any atom is -0.474 e. The zero-order valence-corrected chi connectivity index (χ0v) is 16.0. The van der Waals surface area contributed by atoms with Gasteiger partial charge in [0.15, 0.2) is 0 Å². The molecule has 0 spiro atoms. The molecular weight excluding hydrogens is 334 g/mol. The number of halogens is 1. The van der Waals surface area contributed by atoms with Crippen molar-refractivity contribution in [2.45, 2.75) is 77.2 Å². The molecule has 26 heavy (non-hydrogen) atoms. The van der Waals surface area contributed by atoms with Crippen molar-refractivity contribution in [2.75, 3.05) is 0 Å². The number of pyridine rings is 1. The molecule has 0 amide bonds. The van der Waals surface area contributed by atoms with Crippen LogP contribution in [0.4, 0.5) is 4.39 Å². The Morgan fingerprint density at radius 2 is 1.88 bits per heavy atom. The van der Waals surface area contributed by atoms with Crippen molar-refractivity contribution in [1.29, 1.82) is 0 Å². The van der Waals surface area contributed by atoms with E-state index in [9.17, 15) is 4.39 Å². The lowest BCUT2D eigenvalue weighted by molar-refractivity contribution is 0.00578. The molecule has 7 heteroatoms. The highest BCUT2D eigenvalue weighted by molar-refractivity contribution is 6.53. The first-order valence-electron chi connectivity index (χ1n) is 9.27. The fraction of sp³-hybridized carbons (Fsp3) is 0.632. The van der Waals surface area contributed by atoms with Crippen molar-refractivity contribution < 1.29 is 18.4 Å². The fourth-order valence-corrected chi connectivity index (χ4v) is 3.25. The number of nitrogens with two attached hydrogens (primary N) is 1. The highest BCUT2D eigenvalue weighted by Crippen LogP contribution is 2.41. The van der Waals surface area contributed by atoms with Crippen LogP contribution in [0.25, 0.3) is 0 Å². The van der Waals surface area contributed by atoms with Crippen LogP contribution in [0.1, 0.15) is 58.9 Å². The maximum Gasteiger partial charge on any atom is 0.525 e. The minimum atomic E-state index is -0.910. The van der Waals surface area contributed by atoms with Crippen LogP contribution in [0.5, 0.6) is 5.88 Å². The van der Waals surface area contributed by atoms with Crippen LogP contribution in [0.15, 0.2) is 29.6 Å². The van der Waals surface area contributed by atoms with E-state index in [1.54, 1.807) is 6.20 Å². The van der Waals surface area contributed by atoms with Gasteiger partial charge in [0.2, 0.25) is 5.88 Å². The molecule has 0 unspecified atom stereocenters. The third kappa shape index (κ3) is 3.80. The molecule has 0 radical (unpaired) electrons. The summed E-state index contributed by atoms with van der Waals surface area (Å²) >= 11 is 0. The average Bonchev–Trinajstić information content (AvgIpc) is 2.83. The third-order valence-corrected chi connectivity index (χ3v) is 5.68. The van der Waals surface area contributed by atoms with Gasteiger partial charge in [-0.25, -0.2) is 9.37 Å². The van der Waals surface area contributed by atoms with Gasteiger partial charge in [-0.2, -0.15) is 0 Å². The Balaban J connectivity index is 1.62. The molecule has 2 heterocycles. The summed E-state index contributed by atoms with van der Waals surface area (Å²) in [7, 11) is -0.910. The van der Waals surface area contributed by atoms with Crippen LogP contribution in [0, 0.1) is 0 Å². The monoisotopic (exact) mass is 362 g/mol. The van der Waals surface area contributed by atoms with Gasteiger partial charge in [0.25, 0.3) is 0 Å². The SMILES string of the molecule is CC1(C)OB(C(F)=C2CCC(Oc3ncccc3CN)CC2)OC1(C)C. The second-order valence-corrected chi connectivity index (χ2v) is 8.03. The van der Waals surface area contributed by atoms with Gasteiger partial charge in [0.1, 0.15) is 11.8 Å². The summed E-state index contributed by atoms with van der Waals surface area (Å²) in [4.78, 5) is 4.26. The van der Waals surface area contributed by atoms with Crippen molar-refractivity contribution in [3.63, 3.8) is 0 Å². The van der Waals surface area contributed by atoms with Crippen LogP contribution in [0.2, 0.25) is 0 Å². The van der Waals surface area contributed by atoms with E-state index in [1.165, 1.54) is 0 Å². The number of hydrogen-bond donors (Lipinski definition) is 1. The molecule has 0 bridgehead atoms. The van der Waals surface area contributed by atoms with Crippen molar-refractivity contribution >= 4 is 7.12 Å². The van der Waals surface area contributed by atoms with Gasteiger partial charge in [-0.05, 0) is 65.0 Å². The molecule has 1 aromatic rings. The zero-order chi connectivity index (χ0) is 18.9. The van der Waals surface area contributed by atoms with E-state index < -0.39 is 18.3 Å². The van der Waals surface area contributed by atoms with E-state index >= 15 is 0 Å². The summed E-state index contributed by atoms with van der Waals surface area (Å²) in [6.45, 7) is 8.10. The minimum absolute atomic E-state index is 0.0186. The van der Waals surface area contributed by atoms with Crippen molar-refractivity contribution in [2.24, 2.45) is 5.73 Å². The number of allylic oxidation sites excluding steroid dienone is 1. The smallest absolute Gasteiger partial charge is 0.474 e. The summed E-state index contributed by atoms with van der Waals surface area (Å²) in [5.41, 5.74) is 6.04. The predicted octanol–water partition coefficient (Wildman–Crippen LogP) is 3.72. The summed E-state index contributed by atoms with van der Waals surface area (Å²) in [5.74, 6) is 0.582. The van der Waals surface area contributed by atoms with Crippen molar-refractivity contribution in [3.05, 3.63) is 35.2 Å². The van der Waals surface area contributed by atoms with Gasteiger partial charge in [-0.1, -0.05) is 6.07 Å². The molecule has 3 rings (SSSR count). The summed E-state index contributed by atoms with van der Waals surface area (Å²) in [6.07, 6.45) is 4.45. The lowest BCUT2D eigenvalue weighted by Crippen LogP contribution is -2.41. The Hall–Kier alpha value is -1.44. The van der Waals surface area contributed by atoms with E-state index in [0.29, 0.717) is 25.3 Å². The van der Waals surface area contributed by atoms with Crippen LogP contribution in [0.3, 0.4) is 0 Å². The molecule has 0 aromatic carbocycles. The van der Waals surface area contributed by atoms with Gasteiger partial charge >= 0.3 is 7.12 Å². The number of hydrogen-bond acceptors (Lipinski definition) is 5. The molecular formula is C19H28BFN2O3. The molecule has 1 aliphatic heterocycles. The van der Waals surface area contributed by atoms with Gasteiger partial charge in [0, 0.05) is 18.3 Å². The van der Waals surface area contributed by atoms with E-state index in [-0.39, 0.29) is 11.8 Å². The molecule has 2 N–H and O–H groups in total. The topological polar surface area (TPSA) is 66.6 Å². The quantitative estimate of drug-likeness (QED) is 0.827. The molecule has 1 saturated carbocycles. The Bertz CT molecular complexity index is 667. The highest BCUT2D eigenvalue weighted by atomic mass is 19.1. The summed E-state index contributed by atoms with van der Waals surface area (Å²) in [5, 5.41) is 0. The molecule has 142 valence electrons. The number of rotatable bonds is 4. The number of aromatic nitrogens is 1. The average molecular weight is 362 g/mol. The maximum atomic E-state index is 14.9. The second kappa shape index (κ2) is 7.29. The van der Waals surface area contributed by atoms with E-state index in [0.717, 1.165) is 24.0 Å². The summed E-state index contributed by atoms with van der Waals surface area (Å²) in [6, 6.07) is 3.76. The summed E-state index contributed by atoms with van der Waals surface area (Å²) < 4.78 is 32.6. The molecule has 1 aliphatic carbocycles. The zero-order valence-electron chi connectivity index (χ0n) is 16.0. The first kappa shape index (κ1) is 19.3. The standard InChI is InChI=1S/C19H28BFN2O3/c1-18(2)19(3,4)26-20(25-18)16(21)13-7-9-15(10-8-13)24-17-14(12-22)6-5-11-23-17/h5-6,11,15H,7-10,12,22H2,1-4H3. The molecule has 0 atom stereocenters. The predicted molar refractivity (Wildman–Crippen MR) is 99.2 cm³/mol. The number of nitrogens with zero attached hydrogens (tertiary/aromatic N) is 1. The van der Waals surface area contributed by atoms with Crippen LogP contribution in [-0.2, 0) is 15.9 Å². The van der Waals surface area contributed by atoms with Gasteiger partial charge in [-0.15, -0.1) is 0 Å². The Morgan fingerprint density at radius 3 is 2.46 bits per heavy atom. The first-order chi connectivity index (χ1) is 12.2. The first-order valence-corrected chi connectivity index (χ1v) is 9.27. The van der Waals surface area contributed by atoms with Crippen LogP contribution < -0.4 is 10.5 Å². The molecule has 2 fully saturated rings. The normalized spacial score (nSPS) is 24.6. The van der Waals surface area contributed by atoms with Gasteiger partial charge < -0.3 is 19.8 Å². The van der Waals surface area contributed by atoms with E-state index in [2.05, 4.69) is 4.98 Å². The lowest BCUT2D eigenvalue weighted by Gasteiger charge is -2.32. The van der Waals surface area contributed by atoms with Crippen molar-refractivity contribution in [1.82, 2.24) is 4.98 Å². The number of ether oxygens (including phenoxy) is 1. The second-order valence-electron chi connectivity index (χ2n) is 8.03. The molecule has 1 saturated heterocycles. The molecule has 2 aliphatic rings. The van der Waals surface area contributed by atoms with Gasteiger partial charge in [0.05, 0.1) is 11.2 Å². The van der Waals surface area contributed by atoms with E-state index in [1.807, 2.05) is 39.8 Å². The highest BCUT2D eigenvalue weighted by Gasteiger charge is 2.53. The largest absolute Gasteiger partial charge is 0.525 e. The molecule has 5 nitrogen and oxygen atoms in total. The third-order valence-electron chi connectivity index (χ3n) is 5.68. The van der Waals surface area contributed by atoms with Crippen LogP contribution in [-0.4, -0.2) is 29.4 Å². The Morgan fingerprint density at radius 1 is 1.27 bits per heavy atom.